The zero-order chi connectivity index (χ0) is 20.3. The number of aromatic amines is 1. The molecular formula is C18H20F3N3O4. The van der Waals surface area contributed by atoms with Crippen molar-refractivity contribution < 1.29 is 23.4 Å². The van der Waals surface area contributed by atoms with E-state index in [4.69, 9.17) is 0 Å². The van der Waals surface area contributed by atoms with Crippen LogP contribution in [-0.4, -0.2) is 45.1 Å². The van der Waals surface area contributed by atoms with Crippen LogP contribution < -0.4 is 16.1 Å². The molecule has 0 amide bonds. The highest BCUT2D eigenvalue weighted by Crippen LogP contribution is 2.42. The number of halogens is 3. The van der Waals surface area contributed by atoms with Gasteiger partial charge in [0.25, 0.3) is 12.0 Å². The highest BCUT2D eigenvalue weighted by atomic mass is 19.3. The fourth-order valence-electron chi connectivity index (χ4n) is 4.07. The Morgan fingerprint density at radius 1 is 1.14 bits per heavy atom. The van der Waals surface area contributed by atoms with Gasteiger partial charge in [-0.25, -0.2) is 18.0 Å². The van der Waals surface area contributed by atoms with Crippen LogP contribution in [0.2, 0.25) is 0 Å². The van der Waals surface area contributed by atoms with Crippen molar-refractivity contribution in [1.29, 1.82) is 0 Å². The molecule has 0 spiro atoms. The van der Waals surface area contributed by atoms with E-state index in [1.165, 1.54) is 16.4 Å². The highest BCUT2D eigenvalue weighted by Gasteiger charge is 2.35. The molecule has 1 aromatic carbocycles. The van der Waals surface area contributed by atoms with Crippen LogP contribution in [0.3, 0.4) is 0 Å². The average Bonchev–Trinajstić information content (AvgIpc) is 3.43. The van der Waals surface area contributed by atoms with Crippen molar-refractivity contribution in [2.45, 2.75) is 50.9 Å². The van der Waals surface area contributed by atoms with Crippen molar-refractivity contribution in [1.82, 2.24) is 9.55 Å². The molecule has 1 aliphatic carbocycles. The fraction of sp³-hybridized carbons (Fsp3) is 0.556. The van der Waals surface area contributed by atoms with Gasteiger partial charge >= 0.3 is 5.69 Å². The Labute approximate surface area is 157 Å². The number of aryl methyl sites for hydroxylation is 1. The number of fused-ring (bicyclic) bond motifs is 1. The minimum Gasteiger partial charge on any atom is -0.390 e. The molecule has 28 heavy (non-hydrogen) atoms. The number of β-amino-alcohol motifs (C(OH)–C–C–N with tert-alkyl or cyclic N) is 1. The van der Waals surface area contributed by atoms with Gasteiger partial charge < -0.3 is 15.1 Å². The van der Waals surface area contributed by atoms with E-state index < -0.39 is 46.6 Å². The summed E-state index contributed by atoms with van der Waals surface area (Å²) in [5, 5.41) is 19.1. The minimum absolute atomic E-state index is 0.00330. The number of rotatable bonds is 3. The van der Waals surface area contributed by atoms with Crippen LogP contribution in [0.1, 0.15) is 42.9 Å². The monoisotopic (exact) mass is 399 g/mol. The molecule has 1 aliphatic heterocycles. The first-order valence-corrected chi connectivity index (χ1v) is 9.12. The van der Waals surface area contributed by atoms with Gasteiger partial charge in [-0.05, 0) is 26.2 Å². The topological polar surface area (TPSA) is 98.6 Å². The summed E-state index contributed by atoms with van der Waals surface area (Å²) < 4.78 is 44.1. The summed E-state index contributed by atoms with van der Waals surface area (Å²) in [4.78, 5) is 28.1. The molecule has 1 aromatic heterocycles. The van der Waals surface area contributed by atoms with Crippen molar-refractivity contribution in [2.75, 3.05) is 18.0 Å². The van der Waals surface area contributed by atoms with Crippen LogP contribution in [-0.2, 0) is 0 Å². The maximum absolute atomic E-state index is 15.2. The van der Waals surface area contributed by atoms with Crippen LogP contribution in [0.15, 0.2) is 9.59 Å². The average molecular weight is 399 g/mol. The van der Waals surface area contributed by atoms with E-state index in [9.17, 15) is 28.6 Å². The molecule has 7 nitrogen and oxygen atoms in total. The molecule has 1 saturated carbocycles. The Morgan fingerprint density at radius 3 is 2.39 bits per heavy atom. The van der Waals surface area contributed by atoms with Crippen LogP contribution in [0.4, 0.5) is 18.9 Å². The number of H-pyrrole nitrogens is 1. The second kappa shape index (κ2) is 6.63. The van der Waals surface area contributed by atoms with Gasteiger partial charge in [-0.1, -0.05) is 0 Å². The lowest BCUT2D eigenvalue weighted by Crippen LogP contribution is -2.47. The normalized spacial score (nSPS) is 23.0. The molecule has 152 valence electrons. The second-order valence-corrected chi connectivity index (χ2v) is 7.46. The van der Waals surface area contributed by atoms with Crippen molar-refractivity contribution >= 4 is 16.6 Å². The highest BCUT2D eigenvalue weighted by molar-refractivity contribution is 5.90. The number of nitrogens with one attached hydrogen (secondary N) is 1. The molecule has 2 fully saturated rings. The van der Waals surface area contributed by atoms with Crippen LogP contribution in [0.25, 0.3) is 10.9 Å². The molecule has 2 heterocycles. The molecule has 2 atom stereocenters. The summed E-state index contributed by atoms with van der Waals surface area (Å²) in [7, 11) is 0. The van der Waals surface area contributed by atoms with Crippen molar-refractivity contribution in [3.8, 4) is 0 Å². The number of aromatic nitrogens is 2. The Bertz CT molecular complexity index is 1060. The molecule has 2 unspecified atom stereocenters. The number of anilines is 1. The zero-order valence-corrected chi connectivity index (χ0v) is 15.1. The van der Waals surface area contributed by atoms with Gasteiger partial charge in [-0.2, -0.15) is 0 Å². The number of alkyl halides is 2. The maximum atomic E-state index is 15.2. The summed E-state index contributed by atoms with van der Waals surface area (Å²) in [6.07, 6.45) is -3.97. The van der Waals surface area contributed by atoms with Crippen LogP contribution in [0.5, 0.6) is 0 Å². The quantitative estimate of drug-likeness (QED) is 0.724. The van der Waals surface area contributed by atoms with E-state index >= 15 is 4.39 Å². The van der Waals surface area contributed by atoms with Gasteiger partial charge in [0, 0.05) is 24.7 Å². The number of nitrogens with zero attached hydrogens (tertiary/aromatic N) is 2. The first-order valence-electron chi connectivity index (χ1n) is 9.12. The largest absolute Gasteiger partial charge is 0.390 e. The van der Waals surface area contributed by atoms with Gasteiger partial charge in [0.1, 0.15) is 0 Å². The molecule has 2 aromatic rings. The molecule has 4 rings (SSSR count). The summed E-state index contributed by atoms with van der Waals surface area (Å²) in [5.74, 6) is -1.24. The SMILES string of the molecule is Cc1c(N2CCC(O)C(O)C2)c(F)c(C(F)F)c2c(=O)[nH]c(=O)n(C3CC3)c12. The molecule has 3 N–H and O–H groups in total. The van der Waals surface area contributed by atoms with Crippen molar-refractivity contribution in [2.24, 2.45) is 0 Å². The summed E-state index contributed by atoms with van der Waals surface area (Å²) in [6.45, 7) is 1.47. The molecule has 1 saturated heterocycles. The summed E-state index contributed by atoms with van der Waals surface area (Å²) in [5.41, 5.74) is -2.79. The molecule has 0 radical (unpaired) electrons. The first kappa shape index (κ1) is 19.0. The minimum atomic E-state index is -3.27. The standard InChI is InChI=1S/C18H20F3N3O4/c1-7-14-12(17(27)22-18(28)24(14)8-2-3-8)11(16(20)21)13(19)15(7)23-5-4-9(25)10(26)6-23/h8-10,16,25-26H,2-6H2,1H3,(H,22,27,28). The number of aliphatic hydroxyl groups excluding tert-OH is 2. The number of aliphatic hydroxyl groups is 2. The van der Waals surface area contributed by atoms with Gasteiger partial charge in [0.05, 0.1) is 34.4 Å². The lowest BCUT2D eigenvalue weighted by Gasteiger charge is -2.36. The lowest BCUT2D eigenvalue weighted by molar-refractivity contribution is 0.00785. The zero-order valence-electron chi connectivity index (χ0n) is 15.1. The van der Waals surface area contributed by atoms with Gasteiger partial charge in [-0.3, -0.25) is 14.3 Å². The Morgan fingerprint density at radius 2 is 1.82 bits per heavy atom. The number of hydrogen-bond acceptors (Lipinski definition) is 5. The van der Waals surface area contributed by atoms with Crippen molar-refractivity contribution in [3.05, 3.63) is 37.8 Å². The lowest BCUT2D eigenvalue weighted by atomic mass is 9.98. The second-order valence-electron chi connectivity index (χ2n) is 7.46. The predicted octanol–water partition coefficient (Wildman–Crippen LogP) is 1.34. The van der Waals surface area contributed by atoms with E-state index in [0.717, 1.165) is 0 Å². The third-order valence-corrected chi connectivity index (χ3v) is 5.56. The van der Waals surface area contributed by atoms with Gasteiger partial charge in [0.2, 0.25) is 0 Å². The number of hydrogen-bond donors (Lipinski definition) is 3. The van der Waals surface area contributed by atoms with Crippen LogP contribution >= 0.6 is 0 Å². The number of benzene rings is 1. The van der Waals surface area contributed by atoms with E-state index in [-0.39, 0.29) is 42.3 Å². The van der Waals surface area contributed by atoms with Crippen LogP contribution in [0, 0.1) is 12.7 Å². The summed E-state index contributed by atoms with van der Waals surface area (Å²) in [6, 6.07) is -0.233. The first-order chi connectivity index (χ1) is 13.2. The number of piperidine rings is 1. The predicted molar refractivity (Wildman–Crippen MR) is 95.6 cm³/mol. The van der Waals surface area contributed by atoms with Gasteiger partial charge in [-0.15, -0.1) is 0 Å². The molecule has 0 bridgehead atoms. The maximum Gasteiger partial charge on any atom is 0.329 e. The van der Waals surface area contributed by atoms with Crippen molar-refractivity contribution in [3.63, 3.8) is 0 Å². The Kier molecular flexibility index (Phi) is 4.50. The summed E-state index contributed by atoms with van der Waals surface area (Å²) >= 11 is 0. The van der Waals surface area contributed by atoms with E-state index in [0.29, 0.717) is 12.8 Å². The van der Waals surface area contributed by atoms with E-state index in [1.54, 1.807) is 0 Å². The fourth-order valence-corrected chi connectivity index (χ4v) is 4.07. The third kappa shape index (κ3) is 2.82. The molecule has 2 aliphatic rings. The van der Waals surface area contributed by atoms with E-state index in [2.05, 4.69) is 0 Å². The third-order valence-electron chi connectivity index (χ3n) is 5.56. The Balaban J connectivity index is 2.08. The van der Waals surface area contributed by atoms with E-state index in [1.807, 2.05) is 4.98 Å². The smallest absolute Gasteiger partial charge is 0.329 e. The van der Waals surface area contributed by atoms with Gasteiger partial charge in [0.15, 0.2) is 5.82 Å². The molecular weight excluding hydrogens is 379 g/mol. The molecule has 10 heteroatoms. The Hall–Kier alpha value is -2.33.